The average molecular weight is 459 g/mol. The lowest BCUT2D eigenvalue weighted by molar-refractivity contribution is -0.138. The summed E-state index contributed by atoms with van der Waals surface area (Å²) >= 11 is 5.29. The molecule has 30 heavy (non-hydrogen) atoms. The lowest BCUT2D eigenvalue weighted by atomic mass is 9.86. The van der Waals surface area contributed by atoms with E-state index in [-0.39, 0.29) is 21.6 Å². The number of halogens is 5. The van der Waals surface area contributed by atoms with Gasteiger partial charge in [-0.05, 0) is 53.5 Å². The van der Waals surface area contributed by atoms with Crippen molar-refractivity contribution in [2.45, 2.75) is 23.9 Å². The molecule has 0 heterocycles. The Morgan fingerprint density at radius 1 is 1.07 bits per heavy atom. The summed E-state index contributed by atoms with van der Waals surface area (Å²) in [5, 5.41) is 4.81. The minimum Gasteiger partial charge on any atom is -0.224 e. The summed E-state index contributed by atoms with van der Waals surface area (Å²) in [5.41, 5.74) is -0.0818. The number of hydrogen-bond donors (Lipinski definition) is 1. The van der Waals surface area contributed by atoms with E-state index in [4.69, 9.17) is 17.4 Å². The van der Waals surface area contributed by atoms with Crippen molar-refractivity contribution in [2.75, 3.05) is 0 Å². The van der Waals surface area contributed by atoms with E-state index in [0.717, 1.165) is 18.2 Å². The fourth-order valence-corrected chi connectivity index (χ4v) is 4.18. The zero-order chi connectivity index (χ0) is 22.4. The van der Waals surface area contributed by atoms with E-state index in [0.29, 0.717) is 5.56 Å². The molecule has 0 aliphatic heterocycles. The second-order valence-electron chi connectivity index (χ2n) is 6.72. The number of sulfonamides is 1. The van der Waals surface area contributed by atoms with Crippen molar-refractivity contribution in [3.05, 3.63) is 82.4 Å². The molecular weight excluding hydrogens is 445 g/mol. The van der Waals surface area contributed by atoms with Gasteiger partial charge in [-0.1, -0.05) is 36.5 Å². The highest BCUT2D eigenvalue weighted by Crippen LogP contribution is 2.36. The van der Waals surface area contributed by atoms with Crippen molar-refractivity contribution in [1.29, 1.82) is 0 Å². The molecule has 2 aromatic rings. The van der Waals surface area contributed by atoms with Crippen molar-refractivity contribution in [3.8, 4) is 0 Å². The van der Waals surface area contributed by atoms with Crippen LogP contribution in [0.15, 0.2) is 53.5 Å². The summed E-state index contributed by atoms with van der Waals surface area (Å²) in [6, 6.07) is 5.51. The van der Waals surface area contributed by atoms with E-state index < -0.39 is 44.2 Å². The van der Waals surface area contributed by atoms with Crippen LogP contribution in [0.4, 0.5) is 22.0 Å². The van der Waals surface area contributed by atoms with Gasteiger partial charge in [0.15, 0.2) is 4.90 Å². The van der Waals surface area contributed by atoms with Crippen LogP contribution in [0.3, 0.4) is 0 Å². The Hall–Kier alpha value is -2.43. The predicted octanol–water partition coefficient (Wildman–Crippen LogP) is 5.05. The van der Waals surface area contributed by atoms with Crippen LogP contribution >= 0.6 is 12.2 Å². The molecular formula is C20H14F5NO2S2. The molecule has 0 saturated heterocycles. The van der Waals surface area contributed by atoms with Crippen molar-refractivity contribution in [1.82, 2.24) is 0 Å². The highest BCUT2D eigenvalue weighted by molar-refractivity contribution is 7.89. The van der Waals surface area contributed by atoms with Crippen LogP contribution in [0.1, 0.15) is 28.2 Å². The fraction of sp³-hybridized carbons (Fsp3) is 0.150. The molecule has 0 bridgehead atoms. The Labute approximate surface area is 174 Å². The molecule has 1 atom stereocenters. The number of primary sulfonamides is 1. The molecule has 158 valence electrons. The summed E-state index contributed by atoms with van der Waals surface area (Å²) < 4.78 is 90.4. The largest absolute Gasteiger partial charge is 0.416 e. The van der Waals surface area contributed by atoms with Gasteiger partial charge in [0, 0.05) is 10.8 Å². The van der Waals surface area contributed by atoms with Gasteiger partial charge in [-0.2, -0.15) is 13.2 Å². The zero-order valence-electron chi connectivity index (χ0n) is 15.3. The number of alkyl halides is 3. The molecule has 0 spiro atoms. The van der Waals surface area contributed by atoms with Gasteiger partial charge in [0.2, 0.25) is 10.0 Å². The number of hydrogen-bond acceptors (Lipinski definition) is 3. The molecule has 1 unspecified atom stereocenters. The van der Waals surface area contributed by atoms with Gasteiger partial charge in [0.05, 0.1) is 5.56 Å². The Kier molecular flexibility index (Phi) is 5.70. The maximum absolute atomic E-state index is 14.1. The van der Waals surface area contributed by atoms with Gasteiger partial charge in [-0.3, -0.25) is 0 Å². The van der Waals surface area contributed by atoms with Crippen LogP contribution < -0.4 is 5.14 Å². The van der Waals surface area contributed by atoms with E-state index in [1.165, 1.54) is 37.3 Å². The van der Waals surface area contributed by atoms with Crippen LogP contribution in [0, 0.1) is 18.6 Å². The van der Waals surface area contributed by atoms with Gasteiger partial charge in [0.1, 0.15) is 11.6 Å². The first-order valence-corrected chi connectivity index (χ1v) is 10.4. The molecule has 2 aromatic carbocycles. The van der Waals surface area contributed by atoms with E-state index in [1.54, 1.807) is 0 Å². The highest BCUT2D eigenvalue weighted by Gasteiger charge is 2.33. The third-order valence-electron chi connectivity index (χ3n) is 4.61. The van der Waals surface area contributed by atoms with Crippen molar-refractivity contribution in [2.24, 2.45) is 5.14 Å². The summed E-state index contributed by atoms with van der Waals surface area (Å²) in [5.74, 6) is -3.35. The number of nitrogens with two attached hydrogens (primary N) is 1. The van der Waals surface area contributed by atoms with E-state index in [9.17, 15) is 30.4 Å². The summed E-state index contributed by atoms with van der Waals surface area (Å²) in [6.45, 7) is 1.36. The monoisotopic (exact) mass is 459 g/mol. The van der Waals surface area contributed by atoms with Crippen molar-refractivity contribution >= 4 is 32.7 Å². The van der Waals surface area contributed by atoms with Gasteiger partial charge in [-0.25, -0.2) is 22.3 Å². The van der Waals surface area contributed by atoms with Gasteiger partial charge in [0.25, 0.3) is 0 Å². The molecule has 2 N–H and O–H groups in total. The summed E-state index contributed by atoms with van der Waals surface area (Å²) in [7, 11) is -4.59. The number of aryl methyl sites for hydroxylation is 1. The van der Waals surface area contributed by atoms with Gasteiger partial charge >= 0.3 is 6.18 Å². The number of allylic oxidation sites excluding steroid dienone is 4. The molecule has 1 aliphatic carbocycles. The molecule has 0 amide bonds. The van der Waals surface area contributed by atoms with E-state index in [2.05, 4.69) is 0 Å². The first-order valence-electron chi connectivity index (χ1n) is 8.42. The van der Waals surface area contributed by atoms with Crippen LogP contribution in [0.2, 0.25) is 0 Å². The number of benzene rings is 2. The molecule has 0 aromatic heterocycles. The minimum absolute atomic E-state index is 0.00865. The third-order valence-corrected chi connectivity index (χ3v) is 5.95. The molecule has 10 heteroatoms. The van der Waals surface area contributed by atoms with Crippen molar-refractivity contribution < 1.29 is 30.4 Å². The molecule has 1 aliphatic rings. The highest BCUT2D eigenvalue weighted by atomic mass is 32.2. The van der Waals surface area contributed by atoms with Gasteiger partial charge < -0.3 is 0 Å². The maximum Gasteiger partial charge on any atom is 0.416 e. The quantitative estimate of drug-likeness (QED) is 0.517. The Morgan fingerprint density at radius 2 is 1.67 bits per heavy atom. The van der Waals surface area contributed by atoms with Crippen LogP contribution in [-0.4, -0.2) is 13.3 Å². The first-order chi connectivity index (χ1) is 13.8. The molecule has 3 nitrogen and oxygen atoms in total. The summed E-state index contributed by atoms with van der Waals surface area (Å²) in [4.78, 5) is -1.01. The second kappa shape index (κ2) is 7.68. The smallest absolute Gasteiger partial charge is 0.224 e. The zero-order valence-corrected chi connectivity index (χ0v) is 16.9. The van der Waals surface area contributed by atoms with Gasteiger partial charge in [-0.15, -0.1) is 0 Å². The third kappa shape index (κ3) is 4.35. The van der Waals surface area contributed by atoms with E-state index in [1.807, 2.05) is 0 Å². The normalized spacial score (nSPS) is 17.2. The Morgan fingerprint density at radius 3 is 2.17 bits per heavy atom. The second-order valence-corrected chi connectivity index (χ2v) is 8.69. The topological polar surface area (TPSA) is 60.2 Å². The Balaban J connectivity index is 1.97. The van der Waals surface area contributed by atoms with E-state index >= 15 is 0 Å². The maximum atomic E-state index is 14.1. The standard InChI is InChI=1S/C20H14F5NO2S2/c1-10-2-3-12(6-15(10)20(23,24)25)14-5-4-11(9-18(14)29)13-7-16(21)19(17(22)8-13)30(26,27)28/h2-9,14H,1H3,(H2,26,27,28). The number of thiocarbonyl (C=S) groups is 1. The average Bonchev–Trinajstić information content (AvgIpc) is 2.59. The molecule has 0 saturated carbocycles. The summed E-state index contributed by atoms with van der Waals surface area (Å²) in [6.07, 6.45) is -0.135. The molecule has 0 radical (unpaired) electrons. The Bertz CT molecular complexity index is 1190. The SMILES string of the molecule is Cc1ccc(C2C=CC(c3cc(F)c(S(N)(=O)=O)c(F)c3)=CC2=S)cc1C(F)(F)F. The fourth-order valence-electron chi connectivity index (χ4n) is 3.18. The van der Waals surface area contributed by atoms with Crippen molar-refractivity contribution in [3.63, 3.8) is 0 Å². The lowest BCUT2D eigenvalue weighted by Crippen LogP contribution is -2.16. The number of rotatable bonds is 3. The van der Waals surface area contributed by atoms with Crippen LogP contribution in [0.5, 0.6) is 0 Å². The molecule has 3 rings (SSSR count). The first kappa shape index (κ1) is 22.3. The molecule has 0 fully saturated rings. The van der Waals surface area contributed by atoms with Crippen LogP contribution in [0.25, 0.3) is 5.57 Å². The minimum atomic E-state index is -4.59. The predicted molar refractivity (Wildman–Crippen MR) is 106 cm³/mol. The lowest BCUT2D eigenvalue weighted by Gasteiger charge is -2.20. The van der Waals surface area contributed by atoms with Crippen LogP contribution in [-0.2, 0) is 16.2 Å².